The zero-order valence-electron chi connectivity index (χ0n) is 9.81. The van der Waals surface area contributed by atoms with Crippen LogP contribution in [0.3, 0.4) is 0 Å². The minimum Gasteiger partial charge on any atom is -0.380 e. The summed E-state index contributed by atoms with van der Waals surface area (Å²) in [5.41, 5.74) is 2.32. The molecule has 2 aromatic carbocycles. The zero-order chi connectivity index (χ0) is 13.1. The molecule has 2 rings (SSSR count). The molecule has 0 unspecified atom stereocenters. The monoisotopic (exact) mass is 283 g/mol. The van der Waals surface area contributed by atoms with E-state index in [2.05, 4.69) is 5.32 Å². The fourth-order valence-electron chi connectivity index (χ4n) is 1.66. The summed E-state index contributed by atoms with van der Waals surface area (Å²) < 4.78 is 13.6. The van der Waals surface area contributed by atoms with Crippen molar-refractivity contribution in [3.63, 3.8) is 0 Å². The maximum atomic E-state index is 13.6. The predicted octanol–water partition coefficient (Wildman–Crippen LogP) is 5.05. The van der Waals surface area contributed by atoms with Gasteiger partial charge in [-0.25, -0.2) is 4.39 Å². The Hall–Kier alpha value is -1.25. The van der Waals surface area contributed by atoms with Crippen molar-refractivity contribution in [3.8, 4) is 0 Å². The maximum Gasteiger partial charge on any atom is 0.128 e. The number of nitrogens with one attached hydrogen (secondary N) is 1. The number of aryl methyl sites for hydroxylation is 1. The molecule has 4 heteroatoms. The molecule has 0 spiro atoms. The Morgan fingerprint density at radius 1 is 1.11 bits per heavy atom. The Labute approximate surface area is 116 Å². The summed E-state index contributed by atoms with van der Waals surface area (Å²) in [5.74, 6) is -0.230. The van der Waals surface area contributed by atoms with Crippen molar-refractivity contribution < 1.29 is 4.39 Å². The highest BCUT2D eigenvalue weighted by Crippen LogP contribution is 2.26. The van der Waals surface area contributed by atoms with Crippen molar-refractivity contribution in [1.29, 1.82) is 0 Å². The molecule has 0 bridgehead atoms. The van der Waals surface area contributed by atoms with Gasteiger partial charge < -0.3 is 5.32 Å². The Kier molecular flexibility index (Phi) is 4.10. The molecule has 0 aliphatic rings. The Balaban J connectivity index is 2.16. The van der Waals surface area contributed by atoms with Crippen LogP contribution >= 0.6 is 23.2 Å². The van der Waals surface area contributed by atoms with Gasteiger partial charge in [0.1, 0.15) is 5.82 Å². The number of anilines is 1. The molecular weight excluding hydrogens is 272 g/mol. The normalized spacial score (nSPS) is 10.4. The molecular formula is C14H12Cl2FN. The van der Waals surface area contributed by atoms with Crippen molar-refractivity contribution in [3.05, 3.63) is 63.4 Å². The first kappa shape index (κ1) is 13.2. The first-order chi connectivity index (χ1) is 8.56. The van der Waals surface area contributed by atoms with Gasteiger partial charge in [0.25, 0.3) is 0 Å². The van der Waals surface area contributed by atoms with E-state index in [9.17, 15) is 4.39 Å². The molecule has 0 aromatic heterocycles. The highest BCUT2D eigenvalue weighted by Gasteiger charge is 2.04. The van der Waals surface area contributed by atoms with Gasteiger partial charge >= 0.3 is 0 Å². The molecule has 0 radical (unpaired) electrons. The van der Waals surface area contributed by atoms with Crippen molar-refractivity contribution in [2.24, 2.45) is 0 Å². The van der Waals surface area contributed by atoms with E-state index in [1.165, 1.54) is 6.07 Å². The largest absolute Gasteiger partial charge is 0.380 e. The number of hydrogen-bond acceptors (Lipinski definition) is 1. The average Bonchev–Trinajstić information content (AvgIpc) is 2.34. The van der Waals surface area contributed by atoms with Gasteiger partial charge in [-0.05, 0) is 31.2 Å². The zero-order valence-corrected chi connectivity index (χ0v) is 11.3. The maximum absolute atomic E-state index is 13.6. The van der Waals surface area contributed by atoms with E-state index in [-0.39, 0.29) is 5.82 Å². The quantitative estimate of drug-likeness (QED) is 0.831. The highest BCUT2D eigenvalue weighted by atomic mass is 35.5. The third-order valence-corrected chi connectivity index (χ3v) is 3.16. The number of halogens is 3. The number of benzene rings is 2. The van der Waals surface area contributed by atoms with Gasteiger partial charge in [-0.1, -0.05) is 40.9 Å². The summed E-state index contributed by atoms with van der Waals surface area (Å²) in [4.78, 5) is 0. The minimum absolute atomic E-state index is 0.230. The molecule has 1 nitrogen and oxygen atoms in total. The second-order valence-electron chi connectivity index (χ2n) is 4.07. The minimum atomic E-state index is -0.230. The second kappa shape index (κ2) is 5.59. The van der Waals surface area contributed by atoms with Gasteiger partial charge in [-0.3, -0.25) is 0 Å². The molecule has 0 fully saturated rings. The first-order valence-corrected chi connectivity index (χ1v) is 6.26. The fourth-order valence-corrected chi connectivity index (χ4v) is 2.02. The van der Waals surface area contributed by atoms with Gasteiger partial charge in [0, 0.05) is 17.1 Å². The molecule has 0 amide bonds. The third kappa shape index (κ3) is 3.15. The second-order valence-corrected chi connectivity index (χ2v) is 4.92. The van der Waals surface area contributed by atoms with E-state index in [1.807, 2.05) is 6.92 Å². The van der Waals surface area contributed by atoms with Crippen molar-refractivity contribution in [1.82, 2.24) is 0 Å². The van der Waals surface area contributed by atoms with Gasteiger partial charge in [0.05, 0.1) is 10.7 Å². The molecule has 2 aromatic rings. The van der Waals surface area contributed by atoms with Gasteiger partial charge in [-0.15, -0.1) is 0 Å². The third-order valence-electron chi connectivity index (χ3n) is 2.60. The number of rotatable bonds is 3. The van der Waals surface area contributed by atoms with Crippen LogP contribution < -0.4 is 5.32 Å². The van der Waals surface area contributed by atoms with Crippen LogP contribution in [0.1, 0.15) is 11.1 Å². The summed E-state index contributed by atoms with van der Waals surface area (Å²) in [5, 5.41) is 4.23. The van der Waals surface area contributed by atoms with Crippen molar-refractivity contribution >= 4 is 28.9 Å². The summed E-state index contributed by atoms with van der Waals surface area (Å²) in [6.45, 7) is 2.29. The lowest BCUT2D eigenvalue weighted by Crippen LogP contribution is -2.02. The van der Waals surface area contributed by atoms with E-state index >= 15 is 0 Å². The molecule has 94 valence electrons. The molecule has 0 aliphatic heterocycles. The fraction of sp³-hybridized carbons (Fsp3) is 0.143. The van der Waals surface area contributed by atoms with Gasteiger partial charge in [0.15, 0.2) is 0 Å². The lowest BCUT2D eigenvalue weighted by atomic mass is 10.1. The molecule has 0 atom stereocenters. The van der Waals surface area contributed by atoms with Crippen LogP contribution in [0.2, 0.25) is 10.0 Å². The van der Waals surface area contributed by atoms with Crippen LogP contribution in [0, 0.1) is 12.7 Å². The standard InChI is InChI=1S/C14H12Cl2FN/c1-9-2-5-13(17)10(6-9)8-18-14-7-11(15)3-4-12(14)16/h2-7,18H,8H2,1H3. The molecule has 1 N–H and O–H groups in total. The first-order valence-electron chi connectivity index (χ1n) is 5.50. The summed E-state index contributed by atoms with van der Waals surface area (Å²) in [6.07, 6.45) is 0. The van der Waals surface area contributed by atoms with E-state index < -0.39 is 0 Å². The van der Waals surface area contributed by atoms with Crippen LogP contribution in [0.4, 0.5) is 10.1 Å². The number of hydrogen-bond donors (Lipinski definition) is 1. The summed E-state index contributed by atoms with van der Waals surface area (Å²) in [6, 6.07) is 10.1. The van der Waals surface area contributed by atoms with Crippen LogP contribution in [-0.2, 0) is 6.54 Å². The van der Waals surface area contributed by atoms with Crippen LogP contribution in [0.15, 0.2) is 36.4 Å². The topological polar surface area (TPSA) is 12.0 Å². The van der Waals surface area contributed by atoms with Crippen LogP contribution in [0.25, 0.3) is 0 Å². The smallest absolute Gasteiger partial charge is 0.128 e. The van der Waals surface area contributed by atoms with Gasteiger partial charge in [-0.2, -0.15) is 0 Å². The molecule has 0 saturated heterocycles. The average molecular weight is 284 g/mol. The van der Waals surface area contributed by atoms with Gasteiger partial charge in [0.2, 0.25) is 0 Å². The van der Waals surface area contributed by atoms with Crippen molar-refractivity contribution in [2.45, 2.75) is 13.5 Å². The van der Waals surface area contributed by atoms with E-state index in [0.29, 0.717) is 27.8 Å². The Morgan fingerprint density at radius 3 is 2.67 bits per heavy atom. The lowest BCUT2D eigenvalue weighted by Gasteiger charge is -2.10. The van der Waals surface area contributed by atoms with E-state index in [0.717, 1.165) is 5.56 Å². The molecule has 0 saturated carbocycles. The Bertz CT molecular complexity index is 518. The van der Waals surface area contributed by atoms with Crippen LogP contribution in [-0.4, -0.2) is 0 Å². The highest BCUT2D eigenvalue weighted by molar-refractivity contribution is 6.35. The predicted molar refractivity (Wildman–Crippen MR) is 74.9 cm³/mol. The molecule has 0 heterocycles. The summed E-state index contributed by atoms with van der Waals surface area (Å²) >= 11 is 11.9. The van der Waals surface area contributed by atoms with E-state index in [1.54, 1.807) is 30.3 Å². The molecule has 18 heavy (non-hydrogen) atoms. The van der Waals surface area contributed by atoms with Crippen LogP contribution in [0.5, 0.6) is 0 Å². The van der Waals surface area contributed by atoms with E-state index in [4.69, 9.17) is 23.2 Å². The summed E-state index contributed by atoms with van der Waals surface area (Å²) in [7, 11) is 0. The lowest BCUT2D eigenvalue weighted by molar-refractivity contribution is 0.612. The SMILES string of the molecule is Cc1ccc(F)c(CNc2cc(Cl)ccc2Cl)c1. The molecule has 0 aliphatic carbocycles. The van der Waals surface area contributed by atoms with Crippen molar-refractivity contribution in [2.75, 3.05) is 5.32 Å². The Morgan fingerprint density at radius 2 is 1.89 bits per heavy atom.